The maximum absolute atomic E-state index is 11.8. The van der Waals surface area contributed by atoms with Gasteiger partial charge in [0.25, 0.3) is 0 Å². The molecule has 26 heavy (non-hydrogen) atoms. The van der Waals surface area contributed by atoms with Crippen molar-refractivity contribution >= 4 is 5.91 Å². The number of hydrogen-bond acceptors (Lipinski definition) is 2. The van der Waals surface area contributed by atoms with E-state index in [1.54, 1.807) is 0 Å². The van der Waals surface area contributed by atoms with E-state index in [1.165, 1.54) is 51.4 Å². The van der Waals surface area contributed by atoms with E-state index in [1.807, 2.05) is 0 Å². The van der Waals surface area contributed by atoms with E-state index in [9.17, 15) is 9.90 Å². The van der Waals surface area contributed by atoms with Crippen molar-refractivity contribution in [1.82, 2.24) is 5.32 Å². The number of allylic oxidation sites excluding steroid dienone is 4. The van der Waals surface area contributed by atoms with Crippen molar-refractivity contribution in [2.45, 2.75) is 110 Å². The first kappa shape index (κ1) is 24.9. The SMILES string of the molecule is CCCCC/C=C\C/C=C\CCCCCCCC(=O)N[C@H](CO)CCC. The van der Waals surface area contributed by atoms with E-state index in [4.69, 9.17) is 0 Å². The van der Waals surface area contributed by atoms with Crippen LogP contribution in [0.15, 0.2) is 24.3 Å². The van der Waals surface area contributed by atoms with Crippen LogP contribution in [0.1, 0.15) is 104 Å². The Morgan fingerprint density at radius 1 is 0.846 bits per heavy atom. The maximum Gasteiger partial charge on any atom is 0.220 e. The monoisotopic (exact) mass is 365 g/mol. The molecular formula is C23H43NO2. The minimum atomic E-state index is -0.0644. The van der Waals surface area contributed by atoms with Gasteiger partial charge in [-0.2, -0.15) is 0 Å². The van der Waals surface area contributed by atoms with Gasteiger partial charge in [-0.25, -0.2) is 0 Å². The average molecular weight is 366 g/mol. The zero-order valence-corrected chi connectivity index (χ0v) is 17.3. The molecule has 0 radical (unpaired) electrons. The molecule has 3 heteroatoms. The summed E-state index contributed by atoms with van der Waals surface area (Å²) in [7, 11) is 0. The number of hydrogen-bond donors (Lipinski definition) is 2. The largest absolute Gasteiger partial charge is 0.394 e. The van der Waals surface area contributed by atoms with Crippen LogP contribution in [0.5, 0.6) is 0 Å². The second-order valence-corrected chi connectivity index (χ2v) is 7.22. The van der Waals surface area contributed by atoms with E-state index in [-0.39, 0.29) is 18.6 Å². The van der Waals surface area contributed by atoms with Crippen LogP contribution in [0.4, 0.5) is 0 Å². The van der Waals surface area contributed by atoms with Crippen molar-refractivity contribution in [2.24, 2.45) is 0 Å². The summed E-state index contributed by atoms with van der Waals surface area (Å²) >= 11 is 0. The van der Waals surface area contributed by atoms with Gasteiger partial charge in [0.1, 0.15) is 0 Å². The van der Waals surface area contributed by atoms with E-state index in [2.05, 4.69) is 43.5 Å². The molecule has 0 heterocycles. The Kier molecular flexibility index (Phi) is 19.4. The molecule has 0 saturated heterocycles. The molecule has 0 spiro atoms. The van der Waals surface area contributed by atoms with Crippen LogP contribution >= 0.6 is 0 Å². The van der Waals surface area contributed by atoms with Crippen LogP contribution < -0.4 is 5.32 Å². The molecule has 0 rings (SSSR count). The van der Waals surface area contributed by atoms with Crippen molar-refractivity contribution in [3.8, 4) is 0 Å². The molecule has 152 valence electrons. The Balaban J connectivity index is 3.40. The van der Waals surface area contributed by atoms with Gasteiger partial charge in [0.2, 0.25) is 5.91 Å². The standard InChI is InChI=1S/C23H43NO2/c1-3-5-6-7-8-9-10-11-12-13-14-15-16-17-18-20-23(26)24-22(21-25)19-4-2/h8-9,11-12,22,25H,3-7,10,13-21H2,1-2H3,(H,24,26)/b9-8-,12-11-/t22-/m0/s1. The molecule has 0 aliphatic rings. The zero-order valence-electron chi connectivity index (χ0n) is 17.3. The first-order valence-corrected chi connectivity index (χ1v) is 10.9. The molecule has 0 aromatic heterocycles. The van der Waals surface area contributed by atoms with Crippen LogP contribution in [0, 0.1) is 0 Å². The first-order valence-electron chi connectivity index (χ1n) is 10.9. The van der Waals surface area contributed by atoms with Gasteiger partial charge < -0.3 is 10.4 Å². The summed E-state index contributed by atoms with van der Waals surface area (Å²) in [6, 6.07) is -0.0644. The van der Waals surface area contributed by atoms with Gasteiger partial charge in [0.05, 0.1) is 12.6 Å². The number of nitrogens with one attached hydrogen (secondary N) is 1. The van der Waals surface area contributed by atoms with Gasteiger partial charge in [-0.3, -0.25) is 4.79 Å². The van der Waals surface area contributed by atoms with E-state index in [0.717, 1.165) is 32.1 Å². The first-order chi connectivity index (χ1) is 12.7. The highest BCUT2D eigenvalue weighted by atomic mass is 16.3. The lowest BCUT2D eigenvalue weighted by atomic mass is 10.1. The van der Waals surface area contributed by atoms with Gasteiger partial charge in [-0.15, -0.1) is 0 Å². The van der Waals surface area contributed by atoms with Gasteiger partial charge >= 0.3 is 0 Å². The maximum atomic E-state index is 11.8. The molecule has 0 aromatic carbocycles. The van der Waals surface area contributed by atoms with Crippen molar-refractivity contribution < 1.29 is 9.90 Å². The summed E-state index contributed by atoms with van der Waals surface area (Å²) in [6.07, 6.45) is 24.7. The third-order valence-electron chi connectivity index (χ3n) is 4.58. The Bertz CT molecular complexity index is 363. The molecule has 0 aromatic rings. The van der Waals surface area contributed by atoms with Crippen LogP contribution in [0.2, 0.25) is 0 Å². The minimum Gasteiger partial charge on any atom is -0.394 e. The molecule has 1 atom stereocenters. The number of carbonyl (C=O) groups is 1. The lowest BCUT2D eigenvalue weighted by Gasteiger charge is -2.15. The number of amides is 1. The Labute approximate surface area is 162 Å². The second-order valence-electron chi connectivity index (χ2n) is 7.22. The Morgan fingerprint density at radius 3 is 2.08 bits per heavy atom. The molecule has 0 bridgehead atoms. The van der Waals surface area contributed by atoms with Crippen molar-refractivity contribution in [3.63, 3.8) is 0 Å². The van der Waals surface area contributed by atoms with Gasteiger partial charge in [0, 0.05) is 6.42 Å². The highest BCUT2D eigenvalue weighted by molar-refractivity contribution is 5.76. The van der Waals surface area contributed by atoms with Crippen LogP contribution in [0.25, 0.3) is 0 Å². The van der Waals surface area contributed by atoms with Crippen molar-refractivity contribution in [2.75, 3.05) is 6.61 Å². The predicted octanol–water partition coefficient (Wildman–Crippen LogP) is 6.08. The fraction of sp³-hybridized carbons (Fsp3) is 0.783. The lowest BCUT2D eigenvalue weighted by molar-refractivity contribution is -0.122. The third kappa shape index (κ3) is 17.7. The molecule has 1 amide bonds. The van der Waals surface area contributed by atoms with Crippen molar-refractivity contribution in [3.05, 3.63) is 24.3 Å². The number of unbranched alkanes of at least 4 members (excludes halogenated alkanes) is 8. The summed E-state index contributed by atoms with van der Waals surface area (Å²) in [5.74, 6) is 0.0863. The quantitative estimate of drug-likeness (QED) is 0.228. The lowest BCUT2D eigenvalue weighted by Crippen LogP contribution is -2.37. The summed E-state index contributed by atoms with van der Waals surface area (Å²) < 4.78 is 0. The minimum absolute atomic E-state index is 0.0434. The van der Waals surface area contributed by atoms with Crippen molar-refractivity contribution in [1.29, 1.82) is 0 Å². The second kappa shape index (κ2) is 20.2. The van der Waals surface area contributed by atoms with E-state index in [0.29, 0.717) is 6.42 Å². The molecule has 0 fully saturated rings. The van der Waals surface area contributed by atoms with Crippen LogP contribution in [0.3, 0.4) is 0 Å². The number of aliphatic hydroxyl groups excluding tert-OH is 1. The molecule has 0 aliphatic carbocycles. The summed E-state index contributed by atoms with van der Waals surface area (Å²) in [6.45, 7) is 4.35. The normalized spacial score (nSPS) is 12.9. The van der Waals surface area contributed by atoms with Gasteiger partial charge in [-0.1, -0.05) is 76.7 Å². The predicted molar refractivity (Wildman–Crippen MR) is 113 cm³/mol. The van der Waals surface area contributed by atoms with Gasteiger partial charge in [-0.05, 0) is 44.9 Å². The Hall–Kier alpha value is -1.09. The number of carbonyl (C=O) groups excluding carboxylic acids is 1. The molecule has 3 nitrogen and oxygen atoms in total. The van der Waals surface area contributed by atoms with Crippen LogP contribution in [-0.4, -0.2) is 23.7 Å². The Morgan fingerprint density at radius 2 is 1.46 bits per heavy atom. The molecule has 2 N–H and O–H groups in total. The topological polar surface area (TPSA) is 49.3 Å². The van der Waals surface area contributed by atoms with E-state index >= 15 is 0 Å². The number of rotatable bonds is 18. The molecule has 0 aliphatic heterocycles. The molecule has 0 unspecified atom stereocenters. The zero-order chi connectivity index (χ0) is 19.3. The average Bonchev–Trinajstić information content (AvgIpc) is 2.64. The fourth-order valence-corrected chi connectivity index (χ4v) is 2.95. The molecular weight excluding hydrogens is 322 g/mol. The van der Waals surface area contributed by atoms with Crippen LogP contribution in [-0.2, 0) is 4.79 Å². The highest BCUT2D eigenvalue weighted by Crippen LogP contribution is 2.08. The third-order valence-corrected chi connectivity index (χ3v) is 4.58. The summed E-state index contributed by atoms with van der Waals surface area (Å²) in [4.78, 5) is 11.8. The van der Waals surface area contributed by atoms with E-state index < -0.39 is 0 Å². The summed E-state index contributed by atoms with van der Waals surface area (Å²) in [5.41, 5.74) is 0. The number of aliphatic hydroxyl groups is 1. The molecule has 0 saturated carbocycles. The fourth-order valence-electron chi connectivity index (χ4n) is 2.95. The summed E-state index contributed by atoms with van der Waals surface area (Å²) in [5, 5.41) is 12.1. The highest BCUT2D eigenvalue weighted by Gasteiger charge is 2.09. The van der Waals surface area contributed by atoms with Gasteiger partial charge in [0.15, 0.2) is 0 Å². The smallest absolute Gasteiger partial charge is 0.220 e.